The van der Waals surface area contributed by atoms with Crippen molar-refractivity contribution in [2.75, 3.05) is 19.8 Å². The Bertz CT molecular complexity index is 467. The van der Waals surface area contributed by atoms with E-state index in [1.807, 2.05) is 28.9 Å². The van der Waals surface area contributed by atoms with Gasteiger partial charge in [-0.3, -0.25) is 9.48 Å². The Hall–Kier alpha value is -1.36. The predicted molar refractivity (Wildman–Crippen MR) is 75.2 cm³/mol. The van der Waals surface area contributed by atoms with Crippen LogP contribution in [-0.2, 0) is 16.1 Å². The zero-order chi connectivity index (χ0) is 13.9. The van der Waals surface area contributed by atoms with Crippen LogP contribution in [0.4, 0.5) is 0 Å². The van der Waals surface area contributed by atoms with Crippen molar-refractivity contribution in [1.29, 1.82) is 0 Å². The molecule has 1 aromatic heterocycles. The van der Waals surface area contributed by atoms with Gasteiger partial charge in [0.2, 0.25) is 5.91 Å². The summed E-state index contributed by atoms with van der Waals surface area (Å²) in [6.07, 6.45) is 8.56. The average molecular weight is 277 g/mol. The summed E-state index contributed by atoms with van der Waals surface area (Å²) in [6.45, 7) is 4.68. The van der Waals surface area contributed by atoms with E-state index in [1.165, 1.54) is 12.8 Å². The summed E-state index contributed by atoms with van der Waals surface area (Å²) >= 11 is 0. The van der Waals surface area contributed by atoms with E-state index in [1.54, 1.807) is 0 Å². The van der Waals surface area contributed by atoms with Gasteiger partial charge in [0.05, 0.1) is 25.4 Å². The molecular formula is C15H23N3O2. The van der Waals surface area contributed by atoms with Gasteiger partial charge in [-0.2, -0.15) is 5.10 Å². The number of hydrogen-bond acceptors (Lipinski definition) is 3. The summed E-state index contributed by atoms with van der Waals surface area (Å²) in [7, 11) is 0. The van der Waals surface area contributed by atoms with Crippen LogP contribution in [0, 0.1) is 12.8 Å². The van der Waals surface area contributed by atoms with Crippen molar-refractivity contribution < 1.29 is 9.53 Å². The fourth-order valence-electron chi connectivity index (χ4n) is 2.82. The predicted octanol–water partition coefficient (Wildman–Crippen LogP) is 1.61. The first-order valence-corrected chi connectivity index (χ1v) is 7.58. The van der Waals surface area contributed by atoms with E-state index in [0.29, 0.717) is 5.92 Å². The lowest BCUT2D eigenvalue weighted by Crippen LogP contribution is -2.40. The molecule has 0 radical (unpaired) electrons. The van der Waals surface area contributed by atoms with Crippen molar-refractivity contribution in [3.05, 3.63) is 18.0 Å². The lowest BCUT2D eigenvalue weighted by Gasteiger charge is -2.24. The molecule has 1 saturated carbocycles. The van der Waals surface area contributed by atoms with Gasteiger partial charge in [-0.05, 0) is 44.1 Å². The van der Waals surface area contributed by atoms with Gasteiger partial charge in [-0.1, -0.05) is 0 Å². The first-order valence-electron chi connectivity index (χ1n) is 7.58. The molecule has 1 aliphatic carbocycles. The number of amides is 1. The molecule has 0 aromatic carbocycles. The molecule has 0 bridgehead atoms. The van der Waals surface area contributed by atoms with Gasteiger partial charge < -0.3 is 9.64 Å². The Morgan fingerprint density at radius 1 is 1.45 bits per heavy atom. The van der Waals surface area contributed by atoms with E-state index in [0.717, 1.165) is 38.1 Å². The van der Waals surface area contributed by atoms with Crippen LogP contribution in [-0.4, -0.2) is 46.4 Å². The van der Waals surface area contributed by atoms with Crippen LogP contribution in [0.2, 0.25) is 0 Å². The molecule has 5 nitrogen and oxygen atoms in total. The Morgan fingerprint density at radius 3 is 3.00 bits per heavy atom. The summed E-state index contributed by atoms with van der Waals surface area (Å²) < 4.78 is 7.46. The lowest BCUT2D eigenvalue weighted by atomic mass is 10.2. The second kappa shape index (κ2) is 5.95. The molecule has 0 spiro atoms. The van der Waals surface area contributed by atoms with Crippen LogP contribution in [0.1, 0.15) is 31.2 Å². The third-order valence-corrected chi connectivity index (χ3v) is 4.13. The quantitative estimate of drug-likeness (QED) is 0.793. The fourth-order valence-corrected chi connectivity index (χ4v) is 2.82. The molecule has 20 heavy (non-hydrogen) atoms. The van der Waals surface area contributed by atoms with Gasteiger partial charge in [0.15, 0.2) is 0 Å². The van der Waals surface area contributed by atoms with Crippen molar-refractivity contribution in [3.8, 4) is 0 Å². The minimum atomic E-state index is 0.136. The van der Waals surface area contributed by atoms with E-state index in [-0.39, 0.29) is 18.6 Å². The van der Waals surface area contributed by atoms with E-state index in [4.69, 9.17) is 4.74 Å². The van der Waals surface area contributed by atoms with E-state index < -0.39 is 0 Å². The number of carbonyl (C=O) groups is 1. The highest BCUT2D eigenvalue weighted by molar-refractivity contribution is 5.78. The minimum Gasteiger partial charge on any atom is -0.371 e. The zero-order valence-electron chi connectivity index (χ0n) is 12.1. The molecule has 2 fully saturated rings. The zero-order valence-corrected chi connectivity index (χ0v) is 12.1. The number of hydrogen-bond donors (Lipinski definition) is 0. The lowest BCUT2D eigenvalue weighted by molar-refractivity contribution is -0.137. The smallest absolute Gasteiger partial charge is 0.248 e. The van der Waals surface area contributed by atoms with Crippen LogP contribution < -0.4 is 0 Å². The first kappa shape index (κ1) is 13.6. The molecular weight excluding hydrogens is 254 g/mol. The van der Waals surface area contributed by atoms with Crippen molar-refractivity contribution >= 4 is 5.91 Å². The summed E-state index contributed by atoms with van der Waals surface area (Å²) in [4.78, 5) is 14.2. The molecule has 1 aromatic rings. The van der Waals surface area contributed by atoms with Crippen molar-refractivity contribution in [1.82, 2.24) is 14.7 Å². The highest BCUT2D eigenvalue weighted by Gasteiger charge is 2.29. The topological polar surface area (TPSA) is 47.4 Å². The standard InChI is InChI=1S/C15H23N3O2/c1-12-7-16-17(8-12)9-14-3-2-6-18(14)15(19)11-20-10-13-4-5-13/h7-8,13-14H,2-6,9-11H2,1H3. The second-order valence-corrected chi connectivity index (χ2v) is 6.08. The number of carbonyl (C=O) groups excluding carboxylic acids is 1. The van der Waals surface area contributed by atoms with Gasteiger partial charge in [0.25, 0.3) is 0 Å². The van der Waals surface area contributed by atoms with Crippen LogP contribution in [0.15, 0.2) is 12.4 Å². The van der Waals surface area contributed by atoms with Crippen molar-refractivity contribution in [2.45, 2.75) is 45.2 Å². The van der Waals surface area contributed by atoms with Gasteiger partial charge in [-0.25, -0.2) is 0 Å². The number of aryl methyl sites for hydroxylation is 1. The van der Waals surface area contributed by atoms with E-state index in [2.05, 4.69) is 5.10 Å². The molecule has 1 amide bonds. The fraction of sp³-hybridized carbons (Fsp3) is 0.733. The molecule has 2 heterocycles. The van der Waals surface area contributed by atoms with Gasteiger partial charge >= 0.3 is 0 Å². The second-order valence-electron chi connectivity index (χ2n) is 6.08. The third kappa shape index (κ3) is 3.39. The third-order valence-electron chi connectivity index (χ3n) is 4.13. The maximum Gasteiger partial charge on any atom is 0.248 e. The molecule has 110 valence electrons. The van der Waals surface area contributed by atoms with Crippen molar-refractivity contribution in [3.63, 3.8) is 0 Å². The highest BCUT2D eigenvalue weighted by atomic mass is 16.5. The maximum absolute atomic E-state index is 12.2. The summed E-state index contributed by atoms with van der Waals surface area (Å²) in [5.41, 5.74) is 1.16. The molecule has 1 aliphatic heterocycles. The van der Waals surface area contributed by atoms with Gasteiger partial charge in [0.1, 0.15) is 6.61 Å². The van der Waals surface area contributed by atoms with E-state index >= 15 is 0 Å². The molecule has 3 rings (SSSR count). The Labute approximate surface area is 119 Å². The summed E-state index contributed by atoms with van der Waals surface area (Å²) in [5, 5.41) is 4.31. The average Bonchev–Trinajstić information content (AvgIpc) is 2.97. The molecule has 1 saturated heterocycles. The van der Waals surface area contributed by atoms with Gasteiger partial charge in [-0.15, -0.1) is 0 Å². The number of ether oxygens (including phenoxy) is 1. The van der Waals surface area contributed by atoms with Crippen LogP contribution in [0.25, 0.3) is 0 Å². The molecule has 0 N–H and O–H groups in total. The van der Waals surface area contributed by atoms with Crippen LogP contribution in [0.5, 0.6) is 0 Å². The van der Waals surface area contributed by atoms with E-state index in [9.17, 15) is 4.79 Å². The van der Waals surface area contributed by atoms with Gasteiger partial charge in [0, 0.05) is 12.7 Å². The maximum atomic E-state index is 12.2. The Kier molecular flexibility index (Phi) is 4.05. The number of likely N-dealkylation sites (tertiary alicyclic amines) is 1. The molecule has 2 aliphatic rings. The van der Waals surface area contributed by atoms with Crippen LogP contribution >= 0.6 is 0 Å². The van der Waals surface area contributed by atoms with Crippen molar-refractivity contribution in [2.24, 2.45) is 5.92 Å². The number of nitrogens with zero attached hydrogens (tertiary/aromatic N) is 3. The molecule has 1 unspecified atom stereocenters. The number of rotatable bonds is 6. The number of aromatic nitrogens is 2. The Balaban J connectivity index is 1.49. The molecule has 5 heteroatoms. The monoisotopic (exact) mass is 277 g/mol. The van der Waals surface area contributed by atoms with Crippen LogP contribution in [0.3, 0.4) is 0 Å². The highest BCUT2D eigenvalue weighted by Crippen LogP contribution is 2.28. The first-order chi connectivity index (χ1) is 9.72. The summed E-state index contributed by atoms with van der Waals surface area (Å²) in [6, 6.07) is 0.270. The Morgan fingerprint density at radius 2 is 2.30 bits per heavy atom. The minimum absolute atomic E-state index is 0.136. The normalized spacial score (nSPS) is 22.4. The summed E-state index contributed by atoms with van der Waals surface area (Å²) in [5.74, 6) is 0.848. The SMILES string of the molecule is Cc1cnn(CC2CCCN2C(=O)COCC2CC2)c1. The molecule has 1 atom stereocenters. The largest absolute Gasteiger partial charge is 0.371 e.